The molecule has 0 saturated carbocycles. The second kappa shape index (κ2) is 5.23. The molecule has 0 heterocycles. The molecule has 0 fully saturated rings. The van der Waals surface area contributed by atoms with Gasteiger partial charge in [0.2, 0.25) is 0 Å². The normalized spacial score (nSPS) is 17.3. The van der Waals surface area contributed by atoms with Gasteiger partial charge in [-0.2, -0.15) is 0 Å². The van der Waals surface area contributed by atoms with Crippen LogP contribution in [0.1, 0.15) is 43.4 Å². The van der Waals surface area contributed by atoms with Crippen LogP contribution < -0.4 is 0 Å². The van der Waals surface area contributed by atoms with Crippen LogP contribution >= 0.6 is 0 Å². The number of rotatable bonds is 5. The van der Waals surface area contributed by atoms with Gasteiger partial charge in [-0.05, 0) is 49.3 Å². The lowest BCUT2D eigenvalue weighted by Crippen LogP contribution is -2.37. The highest BCUT2D eigenvalue weighted by Gasteiger charge is 2.30. The minimum absolute atomic E-state index is 0.172. The van der Waals surface area contributed by atoms with E-state index in [-0.39, 0.29) is 5.78 Å². The summed E-state index contributed by atoms with van der Waals surface area (Å²) < 4.78 is 5.36. The molecule has 0 saturated heterocycles. The molecule has 98 valence electrons. The summed E-state index contributed by atoms with van der Waals surface area (Å²) in [7, 11) is 1.62. The lowest BCUT2D eigenvalue weighted by molar-refractivity contribution is -0.138. The van der Waals surface area contributed by atoms with Gasteiger partial charge in [-0.15, -0.1) is 0 Å². The van der Waals surface area contributed by atoms with E-state index < -0.39 is 5.60 Å². The fraction of sp³-hybridized carbons (Fsp3) is 0.562. The van der Waals surface area contributed by atoms with Crippen molar-refractivity contribution in [3.63, 3.8) is 0 Å². The summed E-state index contributed by atoms with van der Waals surface area (Å²) in [6.07, 6.45) is 4.79. The van der Waals surface area contributed by atoms with E-state index in [4.69, 9.17) is 4.74 Å². The van der Waals surface area contributed by atoms with Crippen molar-refractivity contribution in [2.75, 3.05) is 7.11 Å². The fourth-order valence-electron chi connectivity index (χ4n) is 2.56. The Morgan fingerprint density at radius 2 is 2.06 bits per heavy atom. The number of Topliss-reactive ketones (excluding diaryl/α,β-unsaturated/α-hetero) is 1. The molecule has 0 aromatic heterocycles. The molecule has 1 atom stereocenters. The van der Waals surface area contributed by atoms with Crippen LogP contribution in [0.4, 0.5) is 0 Å². The number of hydrogen-bond acceptors (Lipinski definition) is 2. The van der Waals surface area contributed by atoms with Gasteiger partial charge in [-0.3, -0.25) is 4.79 Å². The number of benzene rings is 1. The largest absolute Gasteiger partial charge is 0.371 e. The van der Waals surface area contributed by atoms with Crippen LogP contribution in [-0.2, 0) is 28.8 Å². The predicted octanol–water partition coefficient (Wildman–Crippen LogP) is 3.10. The van der Waals surface area contributed by atoms with E-state index in [1.807, 2.05) is 13.8 Å². The van der Waals surface area contributed by atoms with Crippen molar-refractivity contribution >= 4 is 5.78 Å². The maximum Gasteiger partial charge on any atom is 0.168 e. The lowest BCUT2D eigenvalue weighted by Gasteiger charge is -2.25. The van der Waals surface area contributed by atoms with Crippen LogP contribution in [-0.4, -0.2) is 18.5 Å². The smallest absolute Gasteiger partial charge is 0.168 e. The van der Waals surface area contributed by atoms with E-state index in [2.05, 4.69) is 18.2 Å². The van der Waals surface area contributed by atoms with Crippen LogP contribution in [0.2, 0.25) is 0 Å². The zero-order valence-electron chi connectivity index (χ0n) is 11.6. The van der Waals surface area contributed by atoms with Crippen molar-refractivity contribution in [2.45, 2.75) is 51.6 Å². The second-order valence-electron chi connectivity index (χ2n) is 5.35. The molecule has 1 aromatic rings. The number of fused-ring (bicyclic) bond motifs is 1. The molecular formula is C16H22O2. The first-order valence-corrected chi connectivity index (χ1v) is 6.78. The molecule has 2 nitrogen and oxygen atoms in total. The maximum absolute atomic E-state index is 12.3. The number of carbonyl (C=O) groups excluding carboxylic acids is 1. The third-order valence-electron chi connectivity index (χ3n) is 4.24. The van der Waals surface area contributed by atoms with E-state index >= 15 is 0 Å². The molecule has 1 aliphatic carbocycles. The SMILES string of the molecule is CCC(C)(OC)C(=O)Cc1ccc2c(c1)CCC2. The monoisotopic (exact) mass is 246 g/mol. The van der Waals surface area contributed by atoms with Crippen LogP contribution in [0.25, 0.3) is 0 Å². The Labute approximate surface area is 109 Å². The summed E-state index contributed by atoms with van der Waals surface area (Å²) in [6.45, 7) is 3.87. The standard InChI is InChI=1S/C16H22O2/c1-4-16(2,18-3)15(17)11-12-8-9-13-6-5-7-14(13)10-12/h8-10H,4-7,11H2,1-3H3. The van der Waals surface area contributed by atoms with E-state index in [1.54, 1.807) is 7.11 Å². The molecular weight excluding hydrogens is 224 g/mol. The van der Waals surface area contributed by atoms with E-state index in [9.17, 15) is 4.79 Å². The number of ketones is 1. The Bertz CT molecular complexity index is 444. The first kappa shape index (κ1) is 13.3. The van der Waals surface area contributed by atoms with Gasteiger partial charge in [0.15, 0.2) is 5.78 Å². The molecule has 1 unspecified atom stereocenters. The van der Waals surface area contributed by atoms with Crippen molar-refractivity contribution in [3.8, 4) is 0 Å². The summed E-state index contributed by atoms with van der Waals surface area (Å²) in [6, 6.07) is 6.47. The van der Waals surface area contributed by atoms with Gasteiger partial charge < -0.3 is 4.74 Å². The van der Waals surface area contributed by atoms with Crippen LogP contribution in [0.3, 0.4) is 0 Å². The van der Waals surface area contributed by atoms with Gasteiger partial charge in [0.1, 0.15) is 5.60 Å². The molecule has 2 heteroatoms. The maximum atomic E-state index is 12.3. The van der Waals surface area contributed by atoms with Gasteiger partial charge in [0.25, 0.3) is 0 Å². The Morgan fingerprint density at radius 3 is 2.72 bits per heavy atom. The summed E-state index contributed by atoms with van der Waals surface area (Å²) >= 11 is 0. The number of carbonyl (C=O) groups is 1. The Kier molecular flexibility index (Phi) is 3.86. The van der Waals surface area contributed by atoms with Gasteiger partial charge >= 0.3 is 0 Å². The number of aryl methyl sites for hydroxylation is 2. The molecule has 1 aromatic carbocycles. The van der Waals surface area contributed by atoms with Crippen molar-refractivity contribution in [1.82, 2.24) is 0 Å². The van der Waals surface area contributed by atoms with Crippen molar-refractivity contribution < 1.29 is 9.53 Å². The average Bonchev–Trinajstić information content (AvgIpc) is 2.85. The first-order chi connectivity index (χ1) is 8.59. The predicted molar refractivity (Wildman–Crippen MR) is 72.9 cm³/mol. The highest BCUT2D eigenvalue weighted by atomic mass is 16.5. The zero-order valence-corrected chi connectivity index (χ0v) is 11.6. The number of methoxy groups -OCH3 is 1. The van der Waals surface area contributed by atoms with Crippen molar-refractivity contribution in [2.24, 2.45) is 0 Å². The molecule has 1 aliphatic rings. The van der Waals surface area contributed by atoms with E-state index in [1.165, 1.54) is 24.0 Å². The molecule has 0 amide bonds. The minimum atomic E-state index is -0.640. The van der Waals surface area contributed by atoms with Crippen LogP contribution in [0, 0.1) is 0 Å². The average molecular weight is 246 g/mol. The molecule has 2 rings (SSSR count). The number of ether oxygens (including phenoxy) is 1. The van der Waals surface area contributed by atoms with Gasteiger partial charge in [0.05, 0.1) is 0 Å². The molecule has 0 aliphatic heterocycles. The van der Waals surface area contributed by atoms with E-state index in [0.717, 1.165) is 12.0 Å². The fourth-order valence-corrected chi connectivity index (χ4v) is 2.56. The van der Waals surface area contributed by atoms with Crippen LogP contribution in [0.15, 0.2) is 18.2 Å². The Morgan fingerprint density at radius 1 is 1.33 bits per heavy atom. The Balaban J connectivity index is 2.12. The Hall–Kier alpha value is -1.15. The van der Waals surface area contributed by atoms with E-state index in [0.29, 0.717) is 12.8 Å². The van der Waals surface area contributed by atoms with Crippen molar-refractivity contribution in [1.29, 1.82) is 0 Å². The third-order valence-corrected chi connectivity index (χ3v) is 4.24. The lowest BCUT2D eigenvalue weighted by atomic mass is 9.91. The van der Waals surface area contributed by atoms with Gasteiger partial charge in [-0.25, -0.2) is 0 Å². The third kappa shape index (κ3) is 2.49. The molecule has 18 heavy (non-hydrogen) atoms. The second-order valence-corrected chi connectivity index (χ2v) is 5.35. The summed E-state index contributed by atoms with van der Waals surface area (Å²) in [5.74, 6) is 0.172. The van der Waals surface area contributed by atoms with Crippen molar-refractivity contribution in [3.05, 3.63) is 34.9 Å². The van der Waals surface area contributed by atoms with Crippen LogP contribution in [0.5, 0.6) is 0 Å². The first-order valence-electron chi connectivity index (χ1n) is 6.78. The topological polar surface area (TPSA) is 26.3 Å². The summed E-state index contributed by atoms with van der Waals surface area (Å²) in [5, 5.41) is 0. The zero-order chi connectivity index (χ0) is 13.2. The molecule has 0 spiro atoms. The molecule has 0 N–H and O–H groups in total. The quantitative estimate of drug-likeness (QED) is 0.798. The summed E-state index contributed by atoms with van der Waals surface area (Å²) in [4.78, 5) is 12.3. The minimum Gasteiger partial charge on any atom is -0.371 e. The number of hydrogen-bond donors (Lipinski definition) is 0. The molecule has 0 radical (unpaired) electrons. The highest BCUT2D eigenvalue weighted by Crippen LogP contribution is 2.24. The van der Waals surface area contributed by atoms with Gasteiger partial charge in [0, 0.05) is 13.5 Å². The summed E-state index contributed by atoms with van der Waals surface area (Å²) in [5.41, 5.74) is 3.36. The van der Waals surface area contributed by atoms with Gasteiger partial charge in [-0.1, -0.05) is 25.1 Å². The highest BCUT2D eigenvalue weighted by molar-refractivity contribution is 5.88. The molecule has 0 bridgehead atoms.